The van der Waals surface area contributed by atoms with Crippen LogP contribution in [-0.2, 0) is 4.43 Å². The highest BCUT2D eigenvalue weighted by Gasteiger charge is 2.39. The zero-order valence-electron chi connectivity index (χ0n) is 20.0. The van der Waals surface area contributed by atoms with Crippen molar-refractivity contribution in [2.24, 2.45) is 5.92 Å². The Morgan fingerprint density at radius 3 is 2.39 bits per heavy atom. The van der Waals surface area contributed by atoms with Gasteiger partial charge in [0.25, 0.3) is 0 Å². The van der Waals surface area contributed by atoms with E-state index in [4.69, 9.17) is 4.43 Å². The van der Waals surface area contributed by atoms with Crippen molar-refractivity contribution in [3.63, 3.8) is 0 Å². The van der Waals surface area contributed by atoms with Crippen molar-refractivity contribution in [3.8, 4) is 0 Å². The Bertz CT molecular complexity index is 664. The number of rotatable bonds is 10. The van der Waals surface area contributed by atoms with Gasteiger partial charge in [-0.15, -0.1) is 11.3 Å². The zero-order chi connectivity index (χ0) is 21.5. The SMILES string of the molecule is C/C(=C/C[C@H](O[Si](C)(C)C(C)(C)C)/C(C)=C/c1csc(C)n1)CCCC(C)C. The van der Waals surface area contributed by atoms with Gasteiger partial charge in [0, 0.05) is 5.38 Å². The largest absolute Gasteiger partial charge is 0.410 e. The molecule has 0 aliphatic rings. The second-order valence-corrected chi connectivity index (χ2v) is 15.9. The Balaban J connectivity index is 2.96. The molecular weight excluding hydrogens is 378 g/mol. The van der Waals surface area contributed by atoms with Crippen LogP contribution in [0.3, 0.4) is 0 Å². The van der Waals surface area contributed by atoms with Crippen LogP contribution in [0.5, 0.6) is 0 Å². The first-order chi connectivity index (χ1) is 12.8. The van der Waals surface area contributed by atoms with Crippen molar-refractivity contribution in [2.45, 2.75) is 105 Å². The molecule has 0 saturated carbocycles. The fourth-order valence-corrected chi connectivity index (χ4v) is 4.75. The Morgan fingerprint density at radius 2 is 1.89 bits per heavy atom. The fraction of sp³-hybridized carbons (Fsp3) is 0.708. The maximum absolute atomic E-state index is 6.84. The van der Waals surface area contributed by atoms with Gasteiger partial charge < -0.3 is 4.43 Å². The summed E-state index contributed by atoms with van der Waals surface area (Å²) in [7, 11) is -1.84. The predicted octanol–water partition coefficient (Wildman–Crippen LogP) is 8.41. The maximum atomic E-state index is 6.84. The fourth-order valence-electron chi connectivity index (χ4n) is 2.83. The lowest BCUT2D eigenvalue weighted by molar-refractivity contribution is 0.217. The third-order valence-corrected chi connectivity index (χ3v) is 11.1. The minimum absolute atomic E-state index is 0.128. The van der Waals surface area contributed by atoms with E-state index >= 15 is 0 Å². The van der Waals surface area contributed by atoms with E-state index in [0.717, 1.165) is 23.0 Å². The highest BCUT2D eigenvalue weighted by molar-refractivity contribution is 7.09. The summed E-state index contributed by atoms with van der Waals surface area (Å²) >= 11 is 1.71. The summed E-state index contributed by atoms with van der Waals surface area (Å²) in [6, 6.07) is 0. The number of hydrogen-bond acceptors (Lipinski definition) is 3. The molecule has 0 aromatic carbocycles. The third kappa shape index (κ3) is 8.75. The number of aromatic nitrogens is 1. The molecule has 1 heterocycles. The van der Waals surface area contributed by atoms with Gasteiger partial charge in [0.15, 0.2) is 8.32 Å². The van der Waals surface area contributed by atoms with Gasteiger partial charge in [0.2, 0.25) is 0 Å². The molecule has 0 bridgehead atoms. The van der Waals surface area contributed by atoms with Crippen LogP contribution in [0, 0.1) is 12.8 Å². The third-order valence-electron chi connectivity index (χ3n) is 5.80. The molecule has 0 spiro atoms. The zero-order valence-corrected chi connectivity index (χ0v) is 21.8. The lowest BCUT2D eigenvalue weighted by Crippen LogP contribution is -2.44. The van der Waals surface area contributed by atoms with E-state index in [0.29, 0.717) is 0 Å². The number of aryl methyl sites for hydroxylation is 1. The first kappa shape index (κ1) is 25.3. The van der Waals surface area contributed by atoms with Crippen LogP contribution in [0.15, 0.2) is 22.6 Å². The standard InChI is InChI=1S/C24H43NOSSi/c1-18(2)12-11-13-19(3)14-15-23(26-28(9,10)24(6,7)8)20(4)16-22-17-27-21(5)25-22/h14,16-18,23H,11-13,15H2,1-10H3/b19-14-,20-16+/t23-/m0/s1. The number of allylic oxidation sites excluding steroid dienone is 1. The van der Waals surface area contributed by atoms with Crippen LogP contribution in [0.4, 0.5) is 0 Å². The average Bonchev–Trinajstić information content (AvgIpc) is 2.94. The molecule has 4 heteroatoms. The maximum Gasteiger partial charge on any atom is 0.192 e. The van der Waals surface area contributed by atoms with Crippen LogP contribution in [0.1, 0.15) is 84.9 Å². The van der Waals surface area contributed by atoms with Crippen LogP contribution >= 0.6 is 11.3 Å². The van der Waals surface area contributed by atoms with Crippen LogP contribution in [0.2, 0.25) is 18.1 Å². The molecule has 1 rings (SSSR count). The molecule has 0 aliphatic carbocycles. The summed E-state index contributed by atoms with van der Waals surface area (Å²) < 4.78 is 6.84. The first-order valence-corrected chi connectivity index (χ1v) is 14.5. The second kappa shape index (κ2) is 10.9. The van der Waals surface area contributed by atoms with Gasteiger partial charge in [-0.1, -0.05) is 52.7 Å². The van der Waals surface area contributed by atoms with Gasteiger partial charge >= 0.3 is 0 Å². The molecule has 2 nitrogen and oxygen atoms in total. The van der Waals surface area contributed by atoms with Crippen molar-refractivity contribution < 1.29 is 4.43 Å². The van der Waals surface area contributed by atoms with E-state index in [1.165, 1.54) is 30.4 Å². The summed E-state index contributed by atoms with van der Waals surface area (Å²) in [4.78, 5) is 4.61. The van der Waals surface area contributed by atoms with E-state index in [-0.39, 0.29) is 11.1 Å². The van der Waals surface area contributed by atoms with E-state index < -0.39 is 8.32 Å². The quantitative estimate of drug-likeness (QED) is 0.279. The Kier molecular flexibility index (Phi) is 9.85. The van der Waals surface area contributed by atoms with Gasteiger partial charge in [-0.05, 0) is 75.7 Å². The molecular formula is C24H43NOSSi. The summed E-state index contributed by atoms with van der Waals surface area (Å²) in [5.41, 5.74) is 3.82. The highest BCUT2D eigenvalue weighted by Crippen LogP contribution is 2.38. The molecule has 0 radical (unpaired) electrons. The normalized spacial score (nSPS) is 15.4. The molecule has 1 atom stereocenters. The van der Waals surface area contributed by atoms with Crippen molar-refractivity contribution in [2.75, 3.05) is 0 Å². The molecule has 1 aromatic rings. The summed E-state index contributed by atoms with van der Waals surface area (Å²) in [5.74, 6) is 0.786. The molecule has 28 heavy (non-hydrogen) atoms. The van der Waals surface area contributed by atoms with Crippen LogP contribution in [-0.4, -0.2) is 19.4 Å². The molecule has 0 aliphatic heterocycles. The average molecular weight is 422 g/mol. The monoisotopic (exact) mass is 421 g/mol. The van der Waals surface area contributed by atoms with Crippen molar-refractivity contribution >= 4 is 25.7 Å². The minimum Gasteiger partial charge on any atom is -0.410 e. The Morgan fingerprint density at radius 1 is 1.25 bits per heavy atom. The number of thiazole rings is 1. The summed E-state index contributed by atoms with van der Waals surface area (Å²) in [6.45, 7) is 22.8. The minimum atomic E-state index is -1.84. The van der Waals surface area contributed by atoms with Crippen LogP contribution in [0.25, 0.3) is 6.08 Å². The van der Waals surface area contributed by atoms with Gasteiger partial charge in [0.05, 0.1) is 16.8 Å². The first-order valence-electron chi connectivity index (χ1n) is 10.8. The van der Waals surface area contributed by atoms with Crippen molar-refractivity contribution in [1.82, 2.24) is 4.98 Å². The number of nitrogens with zero attached hydrogens (tertiary/aromatic N) is 1. The molecule has 0 amide bonds. The molecule has 0 fully saturated rings. The molecule has 0 N–H and O–H groups in total. The molecule has 0 unspecified atom stereocenters. The van der Waals surface area contributed by atoms with Crippen LogP contribution < -0.4 is 0 Å². The Labute approximate surface area is 179 Å². The van der Waals surface area contributed by atoms with Crippen molar-refractivity contribution in [3.05, 3.63) is 33.3 Å². The molecule has 160 valence electrons. The van der Waals surface area contributed by atoms with Crippen molar-refractivity contribution in [1.29, 1.82) is 0 Å². The predicted molar refractivity (Wildman–Crippen MR) is 130 cm³/mol. The summed E-state index contributed by atoms with van der Waals surface area (Å²) in [5, 5.41) is 3.45. The Hall–Kier alpha value is -0.713. The second-order valence-electron chi connectivity index (χ2n) is 10.1. The smallest absolute Gasteiger partial charge is 0.192 e. The molecule has 0 saturated heterocycles. The van der Waals surface area contributed by atoms with Gasteiger partial charge in [0.1, 0.15) is 0 Å². The van der Waals surface area contributed by atoms with Gasteiger partial charge in [-0.2, -0.15) is 0 Å². The number of hydrogen-bond donors (Lipinski definition) is 0. The lowest BCUT2D eigenvalue weighted by atomic mass is 10.0. The van der Waals surface area contributed by atoms with E-state index in [1.807, 2.05) is 0 Å². The van der Waals surface area contributed by atoms with Gasteiger partial charge in [-0.25, -0.2) is 4.98 Å². The topological polar surface area (TPSA) is 22.1 Å². The highest BCUT2D eigenvalue weighted by atomic mass is 32.1. The lowest BCUT2D eigenvalue weighted by Gasteiger charge is -2.39. The van der Waals surface area contributed by atoms with Gasteiger partial charge in [-0.3, -0.25) is 0 Å². The van der Waals surface area contributed by atoms with E-state index in [9.17, 15) is 0 Å². The summed E-state index contributed by atoms with van der Waals surface area (Å²) in [6.07, 6.45) is 9.47. The van der Waals surface area contributed by atoms with E-state index in [1.54, 1.807) is 11.3 Å². The molecule has 1 aromatic heterocycles. The van der Waals surface area contributed by atoms with E-state index in [2.05, 4.69) is 91.0 Å².